The number of carbonyl (C=O) groups is 1. The minimum atomic E-state index is 0.280. The highest BCUT2D eigenvalue weighted by molar-refractivity contribution is 6.04. The van der Waals surface area contributed by atoms with Crippen molar-refractivity contribution in [3.8, 4) is 11.1 Å². The summed E-state index contributed by atoms with van der Waals surface area (Å²) in [5.74, 6) is 0.280. The third-order valence-electron chi connectivity index (χ3n) is 4.16. The van der Waals surface area contributed by atoms with Crippen molar-refractivity contribution in [2.24, 2.45) is 0 Å². The molecule has 0 spiro atoms. The molecule has 0 aliphatic heterocycles. The molecular formula is C19H14O. The molecule has 1 aliphatic carbocycles. The molecule has 0 saturated heterocycles. The zero-order valence-electron chi connectivity index (χ0n) is 11.1. The van der Waals surface area contributed by atoms with Crippen LogP contribution in [0, 0.1) is 0 Å². The molecule has 20 heavy (non-hydrogen) atoms. The van der Waals surface area contributed by atoms with Crippen LogP contribution in [0.4, 0.5) is 0 Å². The van der Waals surface area contributed by atoms with Crippen LogP contribution in [-0.4, -0.2) is 5.78 Å². The molecule has 0 unspecified atom stereocenters. The predicted octanol–water partition coefficient (Wildman–Crippen LogP) is 4.64. The zero-order chi connectivity index (χ0) is 13.5. The number of hydrogen-bond acceptors (Lipinski definition) is 1. The van der Waals surface area contributed by atoms with Crippen LogP contribution >= 0.6 is 0 Å². The van der Waals surface area contributed by atoms with Crippen molar-refractivity contribution < 1.29 is 4.79 Å². The summed E-state index contributed by atoms with van der Waals surface area (Å²) < 4.78 is 0. The van der Waals surface area contributed by atoms with Crippen molar-refractivity contribution in [3.63, 3.8) is 0 Å². The lowest BCUT2D eigenvalue weighted by Crippen LogP contribution is -1.92. The number of hydrogen-bond donors (Lipinski definition) is 0. The van der Waals surface area contributed by atoms with Crippen LogP contribution in [0.1, 0.15) is 22.3 Å². The normalized spacial score (nSPS) is 13.7. The lowest BCUT2D eigenvalue weighted by molar-refractivity contribution is 0.0994. The van der Waals surface area contributed by atoms with Crippen LogP contribution < -0.4 is 0 Å². The van der Waals surface area contributed by atoms with Gasteiger partial charge in [0.2, 0.25) is 0 Å². The number of fused-ring (bicyclic) bond motifs is 2. The Balaban J connectivity index is 2.04. The van der Waals surface area contributed by atoms with Crippen LogP contribution in [0.3, 0.4) is 0 Å². The Labute approximate surface area is 117 Å². The molecule has 0 N–H and O–H groups in total. The summed E-state index contributed by atoms with van der Waals surface area (Å²) in [5, 5.41) is 2.50. The summed E-state index contributed by atoms with van der Waals surface area (Å²) in [5.41, 5.74) is 4.57. The van der Waals surface area contributed by atoms with Crippen LogP contribution in [0.15, 0.2) is 60.7 Å². The quantitative estimate of drug-likeness (QED) is 0.621. The van der Waals surface area contributed by atoms with Gasteiger partial charge in [0.1, 0.15) is 0 Å². The van der Waals surface area contributed by atoms with Crippen molar-refractivity contribution >= 4 is 16.6 Å². The molecule has 1 heteroatoms. The van der Waals surface area contributed by atoms with Crippen LogP contribution in [0.2, 0.25) is 0 Å². The van der Waals surface area contributed by atoms with Gasteiger partial charge in [0.05, 0.1) is 0 Å². The number of ketones is 1. The molecule has 0 fully saturated rings. The van der Waals surface area contributed by atoms with Gasteiger partial charge in [-0.1, -0.05) is 60.7 Å². The van der Waals surface area contributed by atoms with Crippen LogP contribution in [0.5, 0.6) is 0 Å². The summed E-state index contributed by atoms with van der Waals surface area (Å²) in [6, 6.07) is 20.9. The van der Waals surface area contributed by atoms with Crippen molar-refractivity contribution in [2.75, 3.05) is 0 Å². The van der Waals surface area contributed by atoms with Gasteiger partial charge in [0.15, 0.2) is 5.78 Å². The minimum Gasteiger partial charge on any atom is -0.294 e. The van der Waals surface area contributed by atoms with Crippen LogP contribution in [-0.2, 0) is 6.42 Å². The first kappa shape index (κ1) is 11.4. The molecule has 0 aromatic heterocycles. The monoisotopic (exact) mass is 258 g/mol. The highest BCUT2D eigenvalue weighted by Crippen LogP contribution is 2.35. The fourth-order valence-corrected chi connectivity index (χ4v) is 3.20. The van der Waals surface area contributed by atoms with E-state index < -0.39 is 0 Å². The molecule has 3 aromatic carbocycles. The van der Waals surface area contributed by atoms with E-state index >= 15 is 0 Å². The smallest absolute Gasteiger partial charge is 0.163 e. The molecule has 1 nitrogen and oxygen atoms in total. The number of Topliss-reactive ketones (excluding diaryl/α,β-unsaturated/α-hetero) is 1. The van der Waals surface area contributed by atoms with Gasteiger partial charge in [-0.05, 0) is 33.9 Å². The van der Waals surface area contributed by atoms with Crippen molar-refractivity contribution in [1.82, 2.24) is 0 Å². The molecular weight excluding hydrogens is 244 g/mol. The van der Waals surface area contributed by atoms with Gasteiger partial charge in [-0.25, -0.2) is 0 Å². The third kappa shape index (κ3) is 1.60. The lowest BCUT2D eigenvalue weighted by atomic mass is 9.93. The molecule has 0 saturated carbocycles. The first-order chi connectivity index (χ1) is 9.84. The third-order valence-corrected chi connectivity index (χ3v) is 4.16. The SMILES string of the molecule is O=C1CCc2c1cccc2-c1cccc2ccccc12. The van der Waals surface area contributed by atoms with E-state index in [9.17, 15) is 4.79 Å². The molecule has 3 aromatic rings. The topological polar surface area (TPSA) is 17.1 Å². The standard InChI is InChI=1S/C19H14O/c20-19-12-11-17-16(9-4-10-18(17)19)15-8-3-6-13-5-1-2-7-14(13)15/h1-10H,11-12H2. The van der Waals surface area contributed by atoms with E-state index in [0.29, 0.717) is 6.42 Å². The Kier molecular flexibility index (Phi) is 2.46. The summed E-state index contributed by atoms with van der Waals surface area (Å²) in [7, 11) is 0. The molecule has 96 valence electrons. The second-order valence-electron chi connectivity index (χ2n) is 5.28. The maximum atomic E-state index is 11.9. The lowest BCUT2D eigenvalue weighted by Gasteiger charge is -2.11. The van der Waals surface area contributed by atoms with Crippen molar-refractivity contribution in [2.45, 2.75) is 12.8 Å². The Morgan fingerprint density at radius 3 is 2.30 bits per heavy atom. The molecule has 0 radical (unpaired) electrons. The predicted molar refractivity (Wildman–Crippen MR) is 82.0 cm³/mol. The number of benzene rings is 3. The van der Waals surface area contributed by atoms with Gasteiger partial charge in [0, 0.05) is 12.0 Å². The number of rotatable bonds is 1. The fraction of sp³-hybridized carbons (Fsp3) is 0.105. The van der Waals surface area contributed by atoms with Gasteiger partial charge in [-0.2, -0.15) is 0 Å². The maximum Gasteiger partial charge on any atom is 0.163 e. The van der Waals surface area contributed by atoms with E-state index in [0.717, 1.165) is 12.0 Å². The molecule has 0 atom stereocenters. The van der Waals surface area contributed by atoms with E-state index in [-0.39, 0.29) is 5.78 Å². The Hall–Kier alpha value is -2.41. The van der Waals surface area contributed by atoms with Crippen LogP contribution in [0.25, 0.3) is 21.9 Å². The highest BCUT2D eigenvalue weighted by Gasteiger charge is 2.22. The van der Waals surface area contributed by atoms with Gasteiger partial charge in [-0.3, -0.25) is 4.79 Å². The van der Waals surface area contributed by atoms with E-state index in [4.69, 9.17) is 0 Å². The van der Waals surface area contributed by atoms with E-state index in [1.165, 1.54) is 27.5 Å². The molecule has 1 aliphatic rings. The summed E-state index contributed by atoms with van der Waals surface area (Å²) >= 11 is 0. The largest absolute Gasteiger partial charge is 0.294 e. The van der Waals surface area contributed by atoms with Gasteiger partial charge in [-0.15, -0.1) is 0 Å². The first-order valence-corrected chi connectivity index (χ1v) is 6.98. The average molecular weight is 258 g/mol. The van der Waals surface area contributed by atoms with E-state index in [1.54, 1.807) is 0 Å². The number of carbonyl (C=O) groups excluding carboxylic acids is 1. The maximum absolute atomic E-state index is 11.9. The second kappa shape index (κ2) is 4.31. The summed E-state index contributed by atoms with van der Waals surface area (Å²) in [6.07, 6.45) is 1.52. The Bertz CT molecular complexity index is 825. The highest BCUT2D eigenvalue weighted by atomic mass is 16.1. The van der Waals surface area contributed by atoms with Crippen molar-refractivity contribution in [3.05, 3.63) is 71.8 Å². The van der Waals surface area contributed by atoms with E-state index in [1.807, 2.05) is 12.1 Å². The molecule has 0 amide bonds. The van der Waals surface area contributed by atoms with Gasteiger partial charge >= 0.3 is 0 Å². The summed E-state index contributed by atoms with van der Waals surface area (Å²) in [4.78, 5) is 11.9. The van der Waals surface area contributed by atoms with E-state index in [2.05, 4.69) is 48.5 Å². The fourth-order valence-electron chi connectivity index (χ4n) is 3.20. The molecule has 4 rings (SSSR count). The van der Waals surface area contributed by atoms with Gasteiger partial charge < -0.3 is 0 Å². The average Bonchev–Trinajstić information content (AvgIpc) is 2.88. The first-order valence-electron chi connectivity index (χ1n) is 6.98. The Morgan fingerprint density at radius 2 is 1.35 bits per heavy atom. The second-order valence-corrected chi connectivity index (χ2v) is 5.28. The zero-order valence-corrected chi connectivity index (χ0v) is 11.1. The molecule has 0 bridgehead atoms. The molecule has 0 heterocycles. The summed E-state index contributed by atoms with van der Waals surface area (Å²) in [6.45, 7) is 0. The Morgan fingerprint density at radius 1 is 0.650 bits per heavy atom. The van der Waals surface area contributed by atoms with Gasteiger partial charge in [0.25, 0.3) is 0 Å². The minimum absolute atomic E-state index is 0.280. The van der Waals surface area contributed by atoms with Crippen molar-refractivity contribution in [1.29, 1.82) is 0 Å².